The Hall–Kier alpha value is 0.350. The summed E-state index contributed by atoms with van der Waals surface area (Å²) in [5.41, 5.74) is 0. The van der Waals surface area contributed by atoms with E-state index in [2.05, 4.69) is 27.7 Å². The molecule has 0 aromatic carbocycles. The van der Waals surface area contributed by atoms with Gasteiger partial charge in [0.05, 0.1) is 5.85 Å². The number of hydrogen-bond donors (Lipinski definition) is 0. The van der Waals surface area contributed by atoms with Crippen LogP contribution in [0.25, 0.3) is 0 Å². The van der Waals surface area contributed by atoms with E-state index in [0.29, 0.717) is 11.0 Å². The molecule has 0 N–H and O–H groups in total. The molecule has 0 aromatic rings. The molecular formula is C9H21O2P. The highest BCUT2D eigenvalue weighted by atomic mass is 31.1. The van der Waals surface area contributed by atoms with Gasteiger partial charge >= 0.3 is 0 Å². The van der Waals surface area contributed by atoms with Crippen molar-refractivity contribution in [2.75, 3.05) is 7.11 Å². The third-order valence-corrected chi connectivity index (χ3v) is 2.77. The molecule has 0 aliphatic rings. The van der Waals surface area contributed by atoms with Crippen molar-refractivity contribution in [3.8, 4) is 0 Å². The topological polar surface area (TPSA) is 18.5 Å². The lowest BCUT2D eigenvalue weighted by Crippen LogP contribution is -2.19. The Morgan fingerprint density at radius 1 is 1.17 bits per heavy atom. The van der Waals surface area contributed by atoms with Crippen LogP contribution in [0.1, 0.15) is 34.6 Å². The first-order valence-electron chi connectivity index (χ1n) is 4.31. The number of methoxy groups -OCH3 is 1. The lowest BCUT2D eigenvalue weighted by molar-refractivity contribution is -0.117. The van der Waals surface area contributed by atoms with E-state index in [4.69, 9.17) is 9.47 Å². The van der Waals surface area contributed by atoms with Crippen molar-refractivity contribution in [1.82, 2.24) is 0 Å². The molecule has 3 heteroatoms. The maximum Gasteiger partial charge on any atom is 0.155 e. The summed E-state index contributed by atoms with van der Waals surface area (Å²) < 4.78 is 10.6. The van der Waals surface area contributed by atoms with Gasteiger partial charge in [0.15, 0.2) is 6.29 Å². The van der Waals surface area contributed by atoms with Gasteiger partial charge in [-0.05, 0) is 19.0 Å². The van der Waals surface area contributed by atoms with Gasteiger partial charge in [-0.2, -0.15) is 0 Å². The van der Waals surface area contributed by atoms with Crippen LogP contribution in [0.4, 0.5) is 0 Å². The van der Waals surface area contributed by atoms with Crippen molar-refractivity contribution >= 4 is 8.58 Å². The summed E-state index contributed by atoms with van der Waals surface area (Å²) in [6, 6.07) is 0. The van der Waals surface area contributed by atoms with E-state index < -0.39 is 0 Å². The van der Waals surface area contributed by atoms with E-state index in [9.17, 15) is 0 Å². The zero-order chi connectivity index (χ0) is 9.78. The Morgan fingerprint density at radius 2 is 1.67 bits per heavy atom. The van der Waals surface area contributed by atoms with Gasteiger partial charge in [-0.3, -0.25) is 0 Å². The molecule has 0 bridgehead atoms. The maximum absolute atomic E-state index is 5.57. The van der Waals surface area contributed by atoms with E-state index in [1.165, 1.54) is 0 Å². The van der Waals surface area contributed by atoms with Gasteiger partial charge in [0.1, 0.15) is 0 Å². The first-order valence-corrected chi connectivity index (χ1v) is 5.39. The van der Waals surface area contributed by atoms with Crippen molar-refractivity contribution in [2.24, 2.45) is 0 Å². The molecule has 0 rings (SSSR count). The molecule has 0 aliphatic heterocycles. The zero-order valence-corrected chi connectivity index (χ0v) is 9.97. The van der Waals surface area contributed by atoms with Gasteiger partial charge in [-0.15, -0.1) is 0 Å². The smallest absolute Gasteiger partial charge is 0.155 e. The highest BCUT2D eigenvalue weighted by molar-refractivity contribution is 7.40. The second-order valence-electron chi connectivity index (χ2n) is 3.98. The van der Waals surface area contributed by atoms with Crippen LogP contribution in [-0.4, -0.2) is 24.4 Å². The lowest BCUT2D eigenvalue weighted by atomic mass is 10.3. The highest BCUT2D eigenvalue weighted by Crippen LogP contribution is 2.35. The maximum atomic E-state index is 5.57. The largest absolute Gasteiger partial charge is 0.356 e. The van der Waals surface area contributed by atoms with E-state index in [1.54, 1.807) is 7.11 Å². The fourth-order valence-corrected chi connectivity index (χ4v) is 2.47. The third-order valence-electron chi connectivity index (χ3n) is 1.36. The summed E-state index contributed by atoms with van der Waals surface area (Å²) in [5, 5.41) is 0.354. The third kappa shape index (κ3) is 7.02. The lowest BCUT2D eigenvalue weighted by Gasteiger charge is -2.25. The molecule has 3 atom stereocenters. The van der Waals surface area contributed by atoms with Gasteiger partial charge < -0.3 is 9.47 Å². The second-order valence-corrected chi connectivity index (χ2v) is 6.58. The average Bonchev–Trinajstić information content (AvgIpc) is 1.82. The SMILES string of the molecule is COC(C)OC(C)PC(C)(C)C. The monoisotopic (exact) mass is 192 g/mol. The van der Waals surface area contributed by atoms with Crippen molar-refractivity contribution in [2.45, 2.75) is 51.9 Å². The summed E-state index contributed by atoms with van der Waals surface area (Å²) in [6.07, 6.45) is -0.0881. The molecule has 0 saturated carbocycles. The number of hydrogen-bond acceptors (Lipinski definition) is 2. The number of ether oxygens (including phenoxy) is 2. The molecule has 12 heavy (non-hydrogen) atoms. The Bertz CT molecular complexity index is 120. The fraction of sp³-hybridized carbons (Fsp3) is 1.00. The Kier molecular flexibility index (Phi) is 5.31. The predicted octanol–water partition coefficient (Wildman–Crippen LogP) is 2.82. The van der Waals surface area contributed by atoms with Crippen LogP contribution in [0.5, 0.6) is 0 Å². The molecular weight excluding hydrogens is 171 g/mol. The zero-order valence-electron chi connectivity index (χ0n) is 8.97. The minimum atomic E-state index is -0.0881. The van der Waals surface area contributed by atoms with Crippen LogP contribution in [0.2, 0.25) is 0 Å². The number of rotatable bonds is 4. The van der Waals surface area contributed by atoms with Crippen molar-refractivity contribution in [3.05, 3.63) is 0 Å². The van der Waals surface area contributed by atoms with E-state index in [1.807, 2.05) is 6.92 Å². The van der Waals surface area contributed by atoms with Gasteiger partial charge in [0.2, 0.25) is 0 Å². The van der Waals surface area contributed by atoms with E-state index in [-0.39, 0.29) is 6.29 Å². The summed E-state index contributed by atoms with van der Waals surface area (Å²) in [7, 11) is 2.47. The van der Waals surface area contributed by atoms with Crippen molar-refractivity contribution < 1.29 is 9.47 Å². The van der Waals surface area contributed by atoms with Crippen LogP contribution >= 0.6 is 8.58 Å². The molecule has 0 aromatic heterocycles. The fourth-order valence-electron chi connectivity index (χ4n) is 0.987. The van der Waals surface area contributed by atoms with Crippen LogP contribution in [-0.2, 0) is 9.47 Å². The van der Waals surface area contributed by atoms with Crippen LogP contribution in [0.3, 0.4) is 0 Å². The minimum absolute atomic E-state index is 0.0881. The first kappa shape index (κ1) is 12.3. The summed E-state index contributed by atoms with van der Waals surface area (Å²) >= 11 is 0. The molecule has 74 valence electrons. The van der Waals surface area contributed by atoms with Crippen molar-refractivity contribution in [1.29, 1.82) is 0 Å². The molecule has 0 aliphatic carbocycles. The Balaban J connectivity index is 3.66. The molecule has 0 saturated heterocycles. The van der Waals surface area contributed by atoms with Crippen LogP contribution < -0.4 is 0 Å². The Labute approximate surface area is 77.8 Å². The van der Waals surface area contributed by atoms with E-state index >= 15 is 0 Å². The van der Waals surface area contributed by atoms with Crippen LogP contribution in [0, 0.1) is 0 Å². The summed E-state index contributed by atoms with van der Waals surface area (Å²) in [4.78, 5) is 0. The molecule has 3 unspecified atom stereocenters. The molecule has 0 amide bonds. The van der Waals surface area contributed by atoms with Gasteiger partial charge in [0, 0.05) is 7.11 Å². The molecule has 0 spiro atoms. The van der Waals surface area contributed by atoms with Gasteiger partial charge in [0.25, 0.3) is 0 Å². The van der Waals surface area contributed by atoms with Crippen molar-refractivity contribution in [3.63, 3.8) is 0 Å². The molecule has 2 nitrogen and oxygen atoms in total. The Morgan fingerprint density at radius 3 is 2.00 bits per heavy atom. The first-order chi connectivity index (χ1) is 5.35. The summed E-state index contributed by atoms with van der Waals surface area (Å²) in [6.45, 7) is 10.7. The van der Waals surface area contributed by atoms with Crippen LogP contribution in [0.15, 0.2) is 0 Å². The quantitative estimate of drug-likeness (QED) is 0.503. The average molecular weight is 192 g/mol. The molecule has 0 radical (unpaired) electrons. The van der Waals surface area contributed by atoms with E-state index in [0.717, 1.165) is 8.58 Å². The predicted molar refractivity (Wildman–Crippen MR) is 55.1 cm³/mol. The minimum Gasteiger partial charge on any atom is -0.356 e. The van der Waals surface area contributed by atoms with Gasteiger partial charge in [-0.25, -0.2) is 0 Å². The normalized spacial score (nSPS) is 18.5. The second kappa shape index (κ2) is 5.16. The standard InChI is InChI=1S/C9H21O2P/c1-7(10-6)11-8(2)12-9(3,4)5/h7-8,12H,1-6H3. The summed E-state index contributed by atoms with van der Waals surface area (Å²) in [5.74, 6) is 0.292. The van der Waals surface area contributed by atoms with Gasteiger partial charge in [-0.1, -0.05) is 29.4 Å². The molecule has 0 heterocycles. The molecule has 0 fully saturated rings. The highest BCUT2D eigenvalue weighted by Gasteiger charge is 2.16.